The van der Waals surface area contributed by atoms with Gasteiger partial charge in [-0.05, 0) is 48.4 Å². The summed E-state index contributed by atoms with van der Waals surface area (Å²) >= 11 is 0.966. The normalized spacial score (nSPS) is 15.1. The average molecular weight is 623 g/mol. The number of ether oxygens (including phenoxy) is 1. The number of methoxy groups -OCH3 is 1. The molecule has 0 fully saturated rings. The maximum absolute atomic E-state index is 15.6. The fourth-order valence-electron chi connectivity index (χ4n) is 5.27. The Bertz CT molecular complexity index is 1840. The van der Waals surface area contributed by atoms with Gasteiger partial charge in [-0.3, -0.25) is 9.36 Å². The number of oxime groups is 1. The van der Waals surface area contributed by atoms with Gasteiger partial charge >= 0.3 is 6.18 Å². The van der Waals surface area contributed by atoms with Crippen LogP contribution >= 0.6 is 11.8 Å². The summed E-state index contributed by atoms with van der Waals surface area (Å²) < 4.78 is 107. The first-order chi connectivity index (χ1) is 20.4. The maximum Gasteiger partial charge on any atom is 0.416 e. The third-order valence-corrected chi connectivity index (χ3v) is 8.51. The Hall–Kier alpha value is -4.26. The predicted molar refractivity (Wildman–Crippen MR) is 146 cm³/mol. The van der Waals surface area contributed by atoms with Crippen LogP contribution in [0.3, 0.4) is 0 Å². The molecule has 0 bridgehead atoms. The molecule has 0 radical (unpaired) electrons. The van der Waals surface area contributed by atoms with Crippen LogP contribution in [0.15, 0.2) is 69.6 Å². The Balaban J connectivity index is 1.83. The molecule has 1 atom stereocenters. The van der Waals surface area contributed by atoms with E-state index in [-0.39, 0.29) is 38.8 Å². The molecule has 5 nitrogen and oxygen atoms in total. The monoisotopic (exact) mass is 622 g/mol. The number of hydrogen-bond donors (Lipinski definition) is 1. The zero-order chi connectivity index (χ0) is 31.2. The molecule has 1 aromatic heterocycles. The van der Waals surface area contributed by atoms with Gasteiger partial charge in [0.15, 0.2) is 23.2 Å². The van der Waals surface area contributed by atoms with Crippen LogP contribution in [0.25, 0.3) is 11.1 Å². The standard InChI is InChI=1S/C30H21F7N2O3S/c1-14-17(12-18-19(30(35,36)37)8-5-9-20(18)31)29-39(28(40)24(14)15-6-4-11-23(42-2)26(15)34)22(13-43-29)27(38-41)16-7-3-10-21(32)25(16)33/h3-11,22,41H,12-13H2,1-2H3. The van der Waals surface area contributed by atoms with Crippen LogP contribution in [0.4, 0.5) is 30.7 Å². The number of halogens is 7. The van der Waals surface area contributed by atoms with Crippen LogP contribution < -0.4 is 10.3 Å². The molecule has 13 heteroatoms. The van der Waals surface area contributed by atoms with Crippen molar-refractivity contribution in [2.24, 2.45) is 5.16 Å². The van der Waals surface area contributed by atoms with Crippen molar-refractivity contribution < 1.29 is 40.7 Å². The fourth-order valence-corrected chi connectivity index (χ4v) is 6.64. The van der Waals surface area contributed by atoms with Crippen LogP contribution in [-0.2, 0) is 12.6 Å². The van der Waals surface area contributed by atoms with E-state index in [2.05, 4.69) is 5.16 Å². The predicted octanol–water partition coefficient (Wildman–Crippen LogP) is 7.52. The smallest absolute Gasteiger partial charge is 0.416 e. The van der Waals surface area contributed by atoms with Crippen molar-refractivity contribution in [1.29, 1.82) is 0 Å². The summed E-state index contributed by atoms with van der Waals surface area (Å²) in [4.78, 5) is 14.1. The second-order valence-electron chi connectivity index (χ2n) is 9.63. The van der Waals surface area contributed by atoms with Gasteiger partial charge in [0.1, 0.15) is 11.5 Å². The number of alkyl halides is 3. The Morgan fingerprint density at radius 3 is 2.35 bits per heavy atom. The molecule has 1 aliphatic heterocycles. The summed E-state index contributed by atoms with van der Waals surface area (Å²) in [7, 11) is 1.21. The van der Waals surface area contributed by atoms with Crippen molar-refractivity contribution in [3.63, 3.8) is 0 Å². The molecule has 0 saturated carbocycles. The molecule has 0 amide bonds. The Morgan fingerprint density at radius 2 is 1.67 bits per heavy atom. The molecular formula is C30H21F7N2O3S. The van der Waals surface area contributed by atoms with Gasteiger partial charge in [0, 0.05) is 28.9 Å². The van der Waals surface area contributed by atoms with Crippen molar-refractivity contribution in [2.75, 3.05) is 12.9 Å². The van der Waals surface area contributed by atoms with Gasteiger partial charge in [-0.15, -0.1) is 11.8 Å². The summed E-state index contributed by atoms with van der Waals surface area (Å²) in [5.41, 5.74) is -4.07. The Morgan fingerprint density at radius 1 is 1.00 bits per heavy atom. The van der Waals surface area contributed by atoms with E-state index < -0.39 is 69.9 Å². The van der Waals surface area contributed by atoms with Gasteiger partial charge in [0.25, 0.3) is 5.56 Å². The average Bonchev–Trinajstić information content (AvgIpc) is 3.39. The quantitative estimate of drug-likeness (QED) is 0.105. The molecule has 0 spiro atoms. The summed E-state index contributed by atoms with van der Waals surface area (Å²) in [6.45, 7) is 1.40. The number of thioether (sulfide) groups is 1. The van der Waals surface area contributed by atoms with Crippen LogP contribution in [0.2, 0.25) is 0 Å². The lowest BCUT2D eigenvalue weighted by atomic mass is 9.92. The molecule has 2 heterocycles. The zero-order valence-electron chi connectivity index (χ0n) is 22.4. The van der Waals surface area contributed by atoms with E-state index in [1.54, 1.807) is 0 Å². The summed E-state index contributed by atoms with van der Waals surface area (Å²) in [5, 5.41) is 13.2. The Labute approximate surface area is 244 Å². The lowest BCUT2D eigenvalue weighted by molar-refractivity contribution is -0.138. The number of hydrogen-bond acceptors (Lipinski definition) is 5. The highest BCUT2D eigenvalue weighted by Gasteiger charge is 2.38. The molecule has 224 valence electrons. The second kappa shape index (κ2) is 11.4. The van der Waals surface area contributed by atoms with Crippen molar-refractivity contribution in [1.82, 2.24) is 4.57 Å². The van der Waals surface area contributed by atoms with Crippen molar-refractivity contribution in [3.8, 4) is 16.9 Å². The van der Waals surface area contributed by atoms with Crippen LogP contribution in [0.5, 0.6) is 5.75 Å². The third-order valence-electron chi connectivity index (χ3n) is 7.31. The lowest BCUT2D eigenvalue weighted by Crippen LogP contribution is -2.32. The van der Waals surface area contributed by atoms with E-state index in [1.165, 1.54) is 38.3 Å². The van der Waals surface area contributed by atoms with Gasteiger partial charge in [-0.25, -0.2) is 17.6 Å². The summed E-state index contributed by atoms with van der Waals surface area (Å²) in [5.74, 6) is -5.00. The van der Waals surface area contributed by atoms with Crippen molar-refractivity contribution >= 4 is 17.5 Å². The van der Waals surface area contributed by atoms with Crippen LogP contribution in [-0.4, -0.2) is 28.3 Å². The molecule has 4 aromatic rings. The van der Waals surface area contributed by atoms with Gasteiger partial charge in [0.05, 0.1) is 29.3 Å². The first-order valence-electron chi connectivity index (χ1n) is 12.6. The molecule has 43 heavy (non-hydrogen) atoms. The number of pyridine rings is 1. The fraction of sp³-hybridized carbons (Fsp3) is 0.200. The number of fused-ring (bicyclic) bond motifs is 1. The number of aromatic nitrogens is 1. The van der Waals surface area contributed by atoms with E-state index >= 15 is 4.39 Å². The molecule has 1 N–H and O–H groups in total. The minimum atomic E-state index is -4.91. The van der Waals surface area contributed by atoms with Gasteiger partial charge in [-0.2, -0.15) is 13.2 Å². The van der Waals surface area contributed by atoms with Gasteiger partial charge in [0.2, 0.25) is 0 Å². The summed E-state index contributed by atoms with van der Waals surface area (Å²) in [6.07, 6.45) is -5.57. The van der Waals surface area contributed by atoms with Gasteiger partial charge < -0.3 is 9.94 Å². The molecule has 3 aromatic carbocycles. The lowest BCUT2D eigenvalue weighted by Gasteiger charge is -2.22. The zero-order valence-corrected chi connectivity index (χ0v) is 23.2. The minimum Gasteiger partial charge on any atom is -0.494 e. The Kier molecular flexibility index (Phi) is 8.03. The molecular weight excluding hydrogens is 601 g/mol. The second-order valence-corrected chi connectivity index (χ2v) is 10.6. The molecule has 1 aliphatic rings. The maximum atomic E-state index is 15.6. The highest BCUT2D eigenvalue weighted by Crippen LogP contribution is 2.43. The molecule has 1 unspecified atom stereocenters. The van der Waals surface area contributed by atoms with E-state index in [9.17, 15) is 36.3 Å². The topological polar surface area (TPSA) is 63.8 Å². The number of rotatable bonds is 6. The van der Waals surface area contributed by atoms with Crippen LogP contribution in [0.1, 0.15) is 33.9 Å². The largest absolute Gasteiger partial charge is 0.494 e. The van der Waals surface area contributed by atoms with Crippen molar-refractivity contribution in [3.05, 3.63) is 116 Å². The highest BCUT2D eigenvalue weighted by atomic mass is 32.2. The van der Waals surface area contributed by atoms with Crippen LogP contribution in [0, 0.1) is 30.2 Å². The first kappa shape index (κ1) is 30.2. The van der Waals surface area contributed by atoms with Crippen molar-refractivity contribution in [2.45, 2.75) is 30.6 Å². The van der Waals surface area contributed by atoms with Gasteiger partial charge in [-0.1, -0.05) is 29.4 Å². The van der Waals surface area contributed by atoms with E-state index in [0.717, 1.165) is 46.7 Å². The SMILES string of the molecule is COc1cccc(-c2c(C)c(Cc3c(F)cccc3C(F)(F)F)c3n(c2=O)C(C(=NO)c2cccc(F)c2F)CS3)c1F. The molecule has 0 aliphatic carbocycles. The number of benzene rings is 3. The first-order valence-corrected chi connectivity index (χ1v) is 13.6. The summed E-state index contributed by atoms with van der Waals surface area (Å²) in [6, 6.07) is 8.38. The van der Waals surface area contributed by atoms with E-state index in [0.29, 0.717) is 0 Å². The molecule has 5 rings (SSSR count). The van der Waals surface area contributed by atoms with E-state index in [4.69, 9.17) is 4.74 Å². The van der Waals surface area contributed by atoms with E-state index in [1.807, 2.05) is 0 Å². The number of nitrogens with zero attached hydrogens (tertiary/aromatic N) is 2. The minimum absolute atomic E-state index is 0.0666. The third kappa shape index (κ3) is 5.15. The highest BCUT2D eigenvalue weighted by molar-refractivity contribution is 7.99. The molecule has 0 saturated heterocycles.